The van der Waals surface area contributed by atoms with Crippen LogP contribution in [0.5, 0.6) is 0 Å². The zero-order valence-corrected chi connectivity index (χ0v) is 28.1. The van der Waals surface area contributed by atoms with Crippen LogP contribution < -0.4 is 16.4 Å². The van der Waals surface area contributed by atoms with Crippen LogP contribution in [-0.4, -0.2) is 140 Å². The van der Waals surface area contributed by atoms with Gasteiger partial charge in [0.1, 0.15) is 6.04 Å². The molecule has 49 heavy (non-hydrogen) atoms. The lowest BCUT2D eigenvalue weighted by atomic mass is 10.0. The highest BCUT2D eigenvalue weighted by molar-refractivity contribution is 6.26. The second kappa shape index (κ2) is 23.9. The average Bonchev–Trinajstić information content (AvgIpc) is 3.34. The molecule has 0 radical (unpaired) electrons. The van der Waals surface area contributed by atoms with Crippen molar-refractivity contribution >= 4 is 35.2 Å². The summed E-state index contributed by atoms with van der Waals surface area (Å²) in [6, 6.07) is 3.53. The molecule has 1 aromatic carbocycles. The standard InChI is InChI=1S/C33H50N4O12/c34-10-12-44-14-16-46-18-20-48-22-24-49-23-21-47-19-17-45-15-13-43-11-3-1-2-7-28(38)35-26-6-4-5-25-30(26)33(42)37(32(25)41)27-8-9-29(39)36-31(27)40/h4-6,27H,1-3,7-24,34H2,(H,35,38)(H,36,39,40). The summed E-state index contributed by atoms with van der Waals surface area (Å²) in [5.41, 5.74) is 5.72. The van der Waals surface area contributed by atoms with E-state index in [1.807, 2.05) is 0 Å². The molecule has 1 aromatic rings. The van der Waals surface area contributed by atoms with Crippen LogP contribution in [0.2, 0.25) is 0 Å². The van der Waals surface area contributed by atoms with E-state index in [1.165, 1.54) is 6.07 Å². The Morgan fingerprint density at radius 3 is 1.78 bits per heavy atom. The van der Waals surface area contributed by atoms with E-state index in [0.29, 0.717) is 105 Å². The van der Waals surface area contributed by atoms with E-state index in [2.05, 4.69) is 10.6 Å². The monoisotopic (exact) mass is 694 g/mol. The number of benzene rings is 1. The van der Waals surface area contributed by atoms with Crippen LogP contribution in [0.15, 0.2) is 18.2 Å². The van der Waals surface area contributed by atoms with Gasteiger partial charge in [-0.2, -0.15) is 0 Å². The number of piperidine rings is 1. The first-order chi connectivity index (χ1) is 23.9. The molecule has 0 bridgehead atoms. The lowest BCUT2D eigenvalue weighted by molar-refractivity contribution is -0.136. The zero-order valence-electron chi connectivity index (χ0n) is 28.1. The Hall–Kier alpha value is -3.35. The lowest BCUT2D eigenvalue weighted by Gasteiger charge is -2.27. The van der Waals surface area contributed by atoms with Crippen molar-refractivity contribution in [3.05, 3.63) is 29.3 Å². The van der Waals surface area contributed by atoms with Crippen molar-refractivity contribution in [2.45, 2.75) is 44.6 Å². The number of imide groups is 2. The molecule has 2 aliphatic rings. The number of hydrogen-bond donors (Lipinski definition) is 3. The highest BCUT2D eigenvalue weighted by Gasteiger charge is 2.45. The number of unbranched alkanes of at least 4 members (excludes halogenated alkanes) is 2. The minimum atomic E-state index is -1.07. The van der Waals surface area contributed by atoms with Crippen LogP contribution in [0, 0.1) is 0 Å². The zero-order chi connectivity index (χ0) is 35.1. The van der Waals surface area contributed by atoms with Gasteiger partial charge in [0.25, 0.3) is 11.8 Å². The number of amides is 5. The van der Waals surface area contributed by atoms with E-state index in [0.717, 1.165) is 17.7 Å². The minimum Gasteiger partial charge on any atom is -0.379 e. The number of carbonyl (C=O) groups is 5. The molecule has 1 fully saturated rings. The van der Waals surface area contributed by atoms with Crippen molar-refractivity contribution in [3.63, 3.8) is 0 Å². The normalized spacial score (nSPS) is 15.9. The van der Waals surface area contributed by atoms with Gasteiger partial charge < -0.3 is 44.2 Å². The largest absolute Gasteiger partial charge is 0.379 e. The van der Waals surface area contributed by atoms with E-state index in [9.17, 15) is 24.0 Å². The number of nitrogens with two attached hydrogens (primary N) is 1. The van der Waals surface area contributed by atoms with Gasteiger partial charge in [-0.15, -0.1) is 0 Å². The number of nitrogens with zero attached hydrogens (tertiary/aromatic N) is 1. The first kappa shape index (κ1) is 40.1. The number of carbonyl (C=O) groups excluding carboxylic acids is 5. The third-order valence-corrected chi connectivity index (χ3v) is 7.43. The molecule has 4 N–H and O–H groups in total. The molecule has 2 heterocycles. The van der Waals surface area contributed by atoms with Crippen molar-refractivity contribution in [1.82, 2.24) is 10.2 Å². The summed E-state index contributed by atoms with van der Waals surface area (Å²) in [7, 11) is 0. The van der Waals surface area contributed by atoms with Gasteiger partial charge in [0.15, 0.2) is 0 Å². The van der Waals surface area contributed by atoms with Crippen molar-refractivity contribution < 1.29 is 57.1 Å². The molecule has 1 unspecified atom stereocenters. The highest BCUT2D eigenvalue weighted by atomic mass is 16.6. The van der Waals surface area contributed by atoms with E-state index in [-0.39, 0.29) is 42.0 Å². The Labute approximate surface area is 286 Å². The van der Waals surface area contributed by atoms with E-state index in [1.54, 1.807) is 12.1 Å². The molecule has 16 heteroatoms. The van der Waals surface area contributed by atoms with Gasteiger partial charge >= 0.3 is 0 Å². The molecule has 0 saturated carbocycles. The van der Waals surface area contributed by atoms with Gasteiger partial charge in [-0.3, -0.25) is 34.2 Å². The van der Waals surface area contributed by atoms with E-state index < -0.39 is 29.7 Å². The summed E-state index contributed by atoms with van der Waals surface area (Å²) >= 11 is 0. The van der Waals surface area contributed by atoms with Gasteiger partial charge in [-0.25, -0.2) is 0 Å². The number of nitrogens with one attached hydrogen (secondary N) is 2. The molecule has 0 aromatic heterocycles. The maximum Gasteiger partial charge on any atom is 0.264 e. The molecule has 1 atom stereocenters. The first-order valence-electron chi connectivity index (χ1n) is 16.8. The average molecular weight is 695 g/mol. The van der Waals surface area contributed by atoms with Crippen molar-refractivity contribution in [3.8, 4) is 0 Å². The van der Waals surface area contributed by atoms with Crippen molar-refractivity contribution in [2.75, 3.05) is 104 Å². The summed E-state index contributed by atoms with van der Waals surface area (Å²) in [5.74, 6) is -2.70. The number of hydrogen-bond acceptors (Lipinski definition) is 13. The van der Waals surface area contributed by atoms with Gasteiger partial charge in [0.2, 0.25) is 17.7 Å². The van der Waals surface area contributed by atoms with Gasteiger partial charge in [0, 0.05) is 26.0 Å². The molecule has 274 valence electrons. The third-order valence-electron chi connectivity index (χ3n) is 7.43. The maximum atomic E-state index is 13.2. The van der Waals surface area contributed by atoms with Gasteiger partial charge in [-0.05, 0) is 31.4 Å². The van der Waals surface area contributed by atoms with Gasteiger partial charge in [-0.1, -0.05) is 12.5 Å². The molecule has 2 aliphatic heterocycles. The predicted octanol–water partition coefficient (Wildman–Crippen LogP) is 0.662. The van der Waals surface area contributed by atoms with E-state index >= 15 is 0 Å². The second-order valence-electron chi connectivity index (χ2n) is 11.1. The summed E-state index contributed by atoms with van der Waals surface area (Å²) in [5, 5.41) is 4.90. The smallest absolute Gasteiger partial charge is 0.264 e. The van der Waals surface area contributed by atoms with Gasteiger partial charge in [0.05, 0.1) is 103 Å². The molecular formula is C33H50N4O12. The van der Waals surface area contributed by atoms with Crippen LogP contribution in [0.1, 0.15) is 59.2 Å². The molecule has 0 spiro atoms. The summed E-state index contributed by atoms with van der Waals surface area (Å²) in [4.78, 5) is 63.4. The van der Waals surface area contributed by atoms with Crippen LogP contribution in [0.3, 0.4) is 0 Å². The molecular weight excluding hydrogens is 644 g/mol. The quantitative estimate of drug-likeness (QED) is 0.0816. The Kier molecular flexibility index (Phi) is 19.6. The summed E-state index contributed by atoms with van der Waals surface area (Å²) in [6.07, 6.45) is 2.48. The fraction of sp³-hybridized carbons (Fsp3) is 0.667. The Morgan fingerprint density at radius 1 is 0.714 bits per heavy atom. The number of rotatable bonds is 28. The SMILES string of the molecule is NCCOCCOCCOCCOCCOCCOCCOCCCCCC(=O)Nc1cccc2c1C(=O)N(C1CCC(=O)NC1=O)C2=O. The molecule has 0 aliphatic carbocycles. The fourth-order valence-electron chi connectivity index (χ4n) is 5.00. The Balaban J connectivity index is 1.11. The summed E-state index contributed by atoms with van der Waals surface area (Å²) in [6.45, 7) is 7.40. The van der Waals surface area contributed by atoms with Crippen LogP contribution >= 0.6 is 0 Å². The first-order valence-corrected chi connectivity index (χ1v) is 16.8. The second-order valence-corrected chi connectivity index (χ2v) is 11.1. The molecule has 16 nitrogen and oxygen atoms in total. The highest BCUT2D eigenvalue weighted by Crippen LogP contribution is 2.32. The van der Waals surface area contributed by atoms with Crippen molar-refractivity contribution in [2.24, 2.45) is 5.73 Å². The number of ether oxygens (including phenoxy) is 7. The number of fused-ring (bicyclic) bond motifs is 1. The molecule has 3 rings (SSSR count). The van der Waals surface area contributed by atoms with Crippen LogP contribution in [0.25, 0.3) is 0 Å². The van der Waals surface area contributed by atoms with Crippen molar-refractivity contribution in [1.29, 1.82) is 0 Å². The Bertz CT molecular complexity index is 1200. The molecule has 1 saturated heterocycles. The minimum absolute atomic E-state index is 0.0311. The van der Waals surface area contributed by atoms with Crippen LogP contribution in [0.4, 0.5) is 5.69 Å². The predicted molar refractivity (Wildman–Crippen MR) is 175 cm³/mol. The maximum absolute atomic E-state index is 13.2. The fourth-order valence-corrected chi connectivity index (χ4v) is 5.00. The Morgan fingerprint density at radius 2 is 1.24 bits per heavy atom. The molecule has 5 amide bonds. The van der Waals surface area contributed by atoms with E-state index in [4.69, 9.17) is 38.9 Å². The third kappa shape index (κ3) is 14.6. The summed E-state index contributed by atoms with van der Waals surface area (Å²) < 4.78 is 38.0. The number of anilines is 1. The lowest BCUT2D eigenvalue weighted by Crippen LogP contribution is -2.54. The topological polar surface area (TPSA) is 203 Å². The van der Waals surface area contributed by atoms with Crippen LogP contribution in [-0.2, 0) is 47.5 Å².